The van der Waals surface area contributed by atoms with Crippen molar-refractivity contribution >= 4 is 12.2 Å². The van der Waals surface area contributed by atoms with Crippen LogP contribution >= 0.6 is 12.2 Å². The van der Waals surface area contributed by atoms with Gasteiger partial charge in [-0.3, -0.25) is 4.90 Å². The van der Waals surface area contributed by atoms with E-state index in [-0.39, 0.29) is 5.41 Å². The van der Waals surface area contributed by atoms with Crippen LogP contribution in [0, 0.1) is 10.8 Å². The molecule has 5 nitrogen and oxygen atoms in total. The molecule has 2 saturated heterocycles. The predicted octanol–water partition coefficient (Wildman–Crippen LogP) is 4.05. The summed E-state index contributed by atoms with van der Waals surface area (Å²) in [6.45, 7) is 13.3. The summed E-state index contributed by atoms with van der Waals surface area (Å²) in [5.41, 5.74) is -0.0983. The minimum atomic E-state index is -0.0983. The standard InChI is InChI=1S/C19H34N4OS/c1-19(2,3)17-20-23(18(25)24-17)15-22-12-8-16(9-13-22)14-21-10-6-4-5-7-11-21/h16H,4-15H2,1-3H3. The molecule has 0 saturated carbocycles. The number of rotatable bonds is 4. The quantitative estimate of drug-likeness (QED) is 0.752. The smallest absolute Gasteiger partial charge is 0.288 e. The summed E-state index contributed by atoms with van der Waals surface area (Å²) < 4.78 is 7.54. The Morgan fingerprint density at radius 1 is 1.00 bits per heavy atom. The molecule has 2 fully saturated rings. The Bertz CT molecular complexity index is 587. The molecule has 0 aliphatic carbocycles. The lowest BCUT2D eigenvalue weighted by atomic mass is 9.96. The highest BCUT2D eigenvalue weighted by Crippen LogP contribution is 2.23. The first kappa shape index (κ1) is 19.1. The van der Waals surface area contributed by atoms with Gasteiger partial charge in [0.15, 0.2) is 0 Å². The first-order valence-corrected chi connectivity index (χ1v) is 10.4. The van der Waals surface area contributed by atoms with Crippen molar-refractivity contribution in [1.82, 2.24) is 19.6 Å². The number of piperidine rings is 1. The van der Waals surface area contributed by atoms with Gasteiger partial charge in [0.05, 0.1) is 6.67 Å². The van der Waals surface area contributed by atoms with Crippen LogP contribution in [0.2, 0.25) is 0 Å². The van der Waals surface area contributed by atoms with E-state index in [2.05, 4.69) is 35.7 Å². The Morgan fingerprint density at radius 2 is 1.64 bits per heavy atom. The number of hydrogen-bond donors (Lipinski definition) is 0. The Morgan fingerprint density at radius 3 is 2.20 bits per heavy atom. The van der Waals surface area contributed by atoms with Gasteiger partial charge in [-0.05, 0) is 56.9 Å². The average molecular weight is 367 g/mol. The molecule has 0 N–H and O–H groups in total. The van der Waals surface area contributed by atoms with Gasteiger partial charge in [-0.15, -0.1) is 5.10 Å². The fourth-order valence-electron chi connectivity index (χ4n) is 3.88. The molecular formula is C19H34N4OS. The first-order chi connectivity index (χ1) is 11.9. The third-order valence-corrected chi connectivity index (χ3v) is 5.80. The van der Waals surface area contributed by atoms with Crippen molar-refractivity contribution in [2.45, 2.75) is 71.4 Å². The molecule has 0 amide bonds. The van der Waals surface area contributed by atoms with Crippen LogP contribution in [-0.4, -0.2) is 52.3 Å². The maximum Gasteiger partial charge on any atom is 0.288 e. The zero-order chi connectivity index (χ0) is 17.9. The lowest BCUT2D eigenvalue weighted by molar-refractivity contribution is 0.115. The van der Waals surface area contributed by atoms with Gasteiger partial charge in [0.2, 0.25) is 5.89 Å². The van der Waals surface area contributed by atoms with Crippen LogP contribution in [-0.2, 0) is 12.1 Å². The van der Waals surface area contributed by atoms with Crippen molar-refractivity contribution in [1.29, 1.82) is 0 Å². The molecule has 0 radical (unpaired) electrons. The third-order valence-electron chi connectivity index (χ3n) is 5.50. The van der Waals surface area contributed by atoms with Crippen LogP contribution in [0.3, 0.4) is 0 Å². The van der Waals surface area contributed by atoms with Crippen LogP contribution in [0.1, 0.15) is 65.2 Å². The molecule has 0 aromatic carbocycles. The number of nitrogens with zero attached hydrogens (tertiary/aromatic N) is 4. The number of hydrogen-bond acceptors (Lipinski definition) is 5. The molecule has 3 heterocycles. The van der Waals surface area contributed by atoms with E-state index in [0.717, 1.165) is 31.6 Å². The van der Waals surface area contributed by atoms with E-state index >= 15 is 0 Å². The van der Waals surface area contributed by atoms with Gasteiger partial charge in [-0.1, -0.05) is 33.6 Å². The van der Waals surface area contributed by atoms with Crippen molar-refractivity contribution in [3.05, 3.63) is 10.7 Å². The van der Waals surface area contributed by atoms with Gasteiger partial charge in [-0.25, -0.2) is 4.68 Å². The first-order valence-electron chi connectivity index (χ1n) is 9.95. The monoisotopic (exact) mass is 366 g/mol. The van der Waals surface area contributed by atoms with Gasteiger partial charge < -0.3 is 9.32 Å². The summed E-state index contributed by atoms with van der Waals surface area (Å²) in [5.74, 6) is 1.58. The molecule has 1 aromatic heterocycles. The topological polar surface area (TPSA) is 37.4 Å². The van der Waals surface area contributed by atoms with E-state index in [1.165, 1.54) is 58.2 Å². The van der Waals surface area contributed by atoms with Crippen molar-refractivity contribution in [2.24, 2.45) is 5.92 Å². The largest absolute Gasteiger partial charge is 0.413 e. The zero-order valence-corrected chi connectivity index (χ0v) is 17.0. The van der Waals surface area contributed by atoms with E-state index in [1.807, 2.05) is 4.68 Å². The second-order valence-electron chi connectivity index (χ2n) is 8.84. The normalized spacial score (nSPS) is 22.2. The second kappa shape index (κ2) is 8.31. The van der Waals surface area contributed by atoms with Crippen LogP contribution in [0.4, 0.5) is 0 Å². The van der Waals surface area contributed by atoms with Crippen molar-refractivity contribution in [3.8, 4) is 0 Å². The highest BCUT2D eigenvalue weighted by Gasteiger charge is 2.24. The van der Waals surface area contributed by atoms with Gasteiger partial charge in [-0.2, -0.15) is 0 Å². The van der Waals surface area contributed by atoms with Crippen molar-refractivity contribution in [3.63, 3.8) is 0 Å². The molecule has 142 valence electrons. The summed E-state index contributed by atoms with van der Waals surface area (Å²) >= 11 is 5.35. The molecule has 0 atom stereocenters. The average Bonchev–Trinajstić information content (AvgIpc) is 2.77. The van der Waals surface area contributed by atoms with Gasteiger partial charge in [0.1, 0.15) is 0 Å². The Hall–Kier alpha value is -0.720. The van der Waals surface area contributed by atoms with E-state index in [1.54, 1.807) is 0 Å². The summed E-state index contributed by atoms with van der Waals surface area (Å²) in [7, 11) is 0. The van der Waals surface area contributed by atoms with Crippen LogP contribution < -0.4 is 0 Å². The molecule has 25 heavy (non-hydrogen) atoms. The number of aromatic nitrogens is 2. The fourth-order valence-corrected chi connectivity index (χ4v) is 4.06. The van der Waals surface area contributed by atoms with Crippen LogP contribution in [0.15, 0.2) is 4.42 Å². The summed E-state index contributed by atoms with van der Waals surface area (Å²) in [6.07, 6.45) is 8.19. The molecule has 2 aliphatic heterocycles. The molecule has 2 aliphatic rings. The van der Waals surface area contributed by atoms with E-state index in [9.17, 15) is 0 Å². The SMILES string of the molecule is CC(C)(C)c1nn(CN2CCC(CN3CCCCCC3)CC2)c(=S)o1. The molecule has 0 spiro atoms. The lowest BCUT2D eigenvalue weighted by Crippen LogP contribution is -2.40. The highest BCUT2D eigenvalue weighted by atomic mass is 32.1. The van der Waals surface area contributed by atoms with Gasteiger partial charge in [0.25, 0.3) is 4.84 Å². The summed E-state index contributed by atoms with van der Waals surface area (Å²) in [4.78, 5) is 5.66. The minimum Gasteiger partial charge on any atom is -0.413 e. The molecule has 6 heteroatoms. The molecular weight excluding hydrogens is 332 g/mol. The molecule has 3 rings (SSSR count). The third kappa shape index (κ3) is 5.38. The van der Waals surface area contributed by atoms with Crippen LogP contribution in [0.25, 0.3) is 0 Å². The van der Waals surface area contributed by atoms with E-state index < -0.39 is 0 Å². The minimum absolute atomic E-state index is 0.0983. The maximum atomic E-state index is 5.69. The van der Waals surface area contributed by atoms with E-state index in [0.29, 0.717) is 4.84 Å². The maximum absolute atomic E-state index is 5.69. The molecule has 1 aromatic rings. The Balaban J connectivity index is 1.48. The number of likely N-dealkylation sites (tertiary alicyclic amines) is 2. The molecule has 0 bridgehead atoms. The highest BCUT2D eigenvalue weighted by molar-refractivity contribution is 7.71. The van der Waals surface area contributed by atoms with Gasteiger partial charge >= 0.3 is 0 Å². The summed E-state index contributed by atoms with van der Waals surface area (Å²) in [6, 6.07) is 0. The summed E-state index contributed by atoms with van der Waals surface area (Å²) in [5, 5.41) is 4.59. The second-order valence-corrected chi connectivity index (χ2v) is 9.19. The fraction of sp³-hybridized carbons (Fsp3) is 0.895. The van der Waals surface area contributed by atoms with Crippen LogP contribution in [0.5, 0.6) is 0 Å². The van der Waals surface area contributed by atoms with E-state index in [4.69, 9.17) is 16.6 Å². The molecule has 0 unspecified atom stereocenters. The Kier molecular flexibility index (Phi) is 6.34. The lowest BCUT2D eigenvalue weighted by Gasteiger charge is -2.34. The van der Waals surface area contributed by atoms with Crippen molar-refractivity contribution < 1.29 is 4.42 Å². The zero-order valence-electron chi connectivity index (χ0n) is 16.2. The predicted molar refractivity (Wildman–Crippen MR) is 103 cm³/mol. The van der Waals surface area contributed by atoms with Gasteiger partial charge in [0, 0.05) is 25.0 Å². The Labute approximate surface area is 157 Å². The van der Waals surface area contributed by atoms with Crippen molar-refractivity contribution in [2.75, 3.05) is 32.7 Å².